The average molecular weight is 1240 g/mol. The summed E-state index contributed by atoms with van der Waals surface area (Å²) < 4.78 is 39.3. The third kappa shape index (κ3) is 54.9. The molecule has 4 atom stereocenters. The normalized spacial score (nSPS) is 13.1. The second kappa shape index (κ2) is 50.8. The molecule has 16 heteroatoms. The second-order valence-electron chi connectivity index (χ2n) is 11.0. The molecule has 0 saturated carbocycles. The van der Waals surface area contributed by atoms with Crippen LogP contribution in [0.3, 0.4) is 0 Å². The van der Waals surface area contributed by atoms with Crippen molar-refractivity contribution >= 4 is 0 Å². The fourth-order valence-corrected chi connectivity index (χ4v) is 3.64. The quantitative estimate of drug-likeness (QED) is 0.0400. The van der Waals surface area contributed by atoms with Gasteiger partial charge < -0.3 is 68.5 Å². The van der Waals surface area contributed by atoms with E-state index >= 15 is 0 Å². The SMILES string of the molecule is [CH2-]OCC(O)CCOCCCCOCCC(O)CO[CH2-].[CH2-]OCC(O)COCCCCCCO.[CH2-]OCC(O)COCCCCCCO.[Rf].[Rf]. The van der Waals surface area contributed by atoms with Crippen LogP contribution in [0.5, 0.6) is 0 Å². The van der Waals surface area contributed by atoms with Gasteiger partial charge in [0.25, 0.3) is 0 Å². The summed E-state index contributed by atoms with van der Waals surface area (Å²) in [6.07, 6.45) is 8.59. The molecular formula is C34H70O14Rf2-4. The van der Waals surface area contributed by atoms with Crippen LogP contribution in [0.4, 0.5) is 0 Å². The van der Waals surface area contributed by atoms with E-state index in [0.29, 0.717) is 65.7 Å². The number of hydrogen-bond acceptors (Lipinski definition) is 14. The smallest absolute Gasteiger partial charge is 0.0976 e. The van der Waals surface area contributed by atoms with Gasteiger partial charge in [-0.2, -0.15) is 0 Å². The molecule has 0 spiro atoms. The minimum atomic E-state index is -0.579. The van der Waals surface area contributed by atoms with Crippen LogP contribution in [0, 0.1) is 28.4 Å². The molecule has 298 valence electrons. The molecule has 0 aromatic heterocycles. The molecule has 0 radical (unpaired) electrons. The van der Waals surface area contributed by atoms with Crippen molar-refractivity contribution in [2.45, 2.75) is 101 Å². The number of aliphatic hydroxyl groups excluding tert-OH is 6. The molecule has 0 aliphatic heterocycles. The number of aliphatic hydroxyl groups is 6. The van der Waals surface area contributed by atoms with Gasteiger partial charge in [-0.15, -0.1) is 0 Å². The molecule has 0 amide bonds. The number of rotatable bonds is 35. The summed E-state index contributed by atoms with van der Waals surface area (Å²) in [6.45, 7) is 5.67. The molecule has 50 heavy (non-hydrogen) atoms. The van der Waals surface area contributed by atoms with E-state index in [1.807, 2.05) is 0 Å². The standard InChI is InChI=1S/C14H28O6.2C10H21O4.2Rf/c1-17-11-13(15)5-9-19-7-3-4-8-20-10-6-14(16)12-18-2;2*1-13-8-10(12)9-14-7-5-3-2-4-6-11;;/h13-16H,1-12H2;2*10-12H,1-9H2;;/q-2;2*-1;;. The summed E-state index contributed by atoms with van der Waals surface area (Å²) in [5.74, 6) is 0. The van der Waals surface area contributed by atoms with E-state index in [9.17, 15) is 10.2 Å². The van der Waals surface area contributed by atoms with Gasteiger partial charge in [0.1, 0.15) is 0 Å². The fraction of sp³-hybridized carbons (Fsp3) is 0.882. The Labute approximate surface area is 290 Å². The zero-order valence-corrected chi connectivity index (χ0v) is 43.7. The fourth-order valence-electron chi connectivity index (χ4n) is 3.64. The summed E-state index contributed by atoms with van der Waals surface area (Å²) in [6, 6.07) is 0. The molecule has 4 unspecified atom stereocenters. The Kier molecular flexibility index (Phi) is 57.7. The minimum Gasteiger partial charge on any atom is -0.553 e. The number of unbranched alkanes of at least 4 members (excludes halogenated alkanes) is 7. The summed E-state index contributed by atoms with van der Waals surface area (Å²) in [4.78, 5) is 0. The van der Waals surface area contributed by atoms with Gasteiger partial charge in [-0.05, 0) is 51.4 Å². The zero-order valence-electron chi connectivity index (χ0n) is 30.9. The van der Waals surface area contributed by atoms with Crippen molar-refractivity contribution in [3.8, 4) is 0 Å². The van der Waals surface area contributed by atoms with Crippen molar-refractivity contribution in [1.29, 1.82) is 0 Å². The first-order chi connectivity index (χ1) is 23.3. The van der Waals surface area contributed by atoms with Crippen molar-refractivity contribution in [3.05, 3.63) is 28.4 Å². The van der Waals surface area contributed by atoms with Crippen LogP contribution >= 0.6 is 0 Å². The largest absolute Gasteiger partial charge is 0.553 e. The van der Waals surface area contributed by atoms with Crippen molar-refractivity contribution in [2.75, 3.05) is 92.5 Å². The minimum absolute atomic E-state index is 0. The van der Waals surface area contributed by atoms with Crippen molar-refractivity contribution in [2.24, 2.45) is 0 Å². The van der Waals surface area contributed by atoms with E-state index in [1.54, 1.807) is 0 Å². The van der Waals surface area contributed by atoms with Crippen LogP contribution in [0.15, 0.2) is 0 Å². The average Bonchev–Trinajstić information content (AvgIpc) is 3.06. The third-order valence-corrected chi connectivity index (χ3v) is 6.27. The zero-order chi connectivity index (χ0) is 36.4. The molecule has 0 fully saturated rings. The maximum absolute atomic E-state index is 9.33. The maximum Gasteiger partial charge on any atom is 0.0976 e. The van der Waals surface area contributed by atoms with E-state index in [2.05, 4.69) is 47.4 Å². The molecule has 0 aliphatic carbocycles. The van der Waals surface area contributed by atoms with Crippen LogP contribution < -0.4 is 0 Å². The van der Waals surface area contributed by atoms with Gasteiger partial charge in [0, 0.05) is 79.3 Å². The Hall–Kier alpha value is -2.56. The third-order valence-electron chi connectivity index (χ3n) is 6.27. The number of hydrogen-bond donors (Lipinski definition) is 6. The molecular weight excluding hydrogens is 1170 g/mol. The van der Waals surface area contributed by atoms with E-state index in [0.717, 1.165) is 64.2 Å². The molecule has 6 N–H and O–H groups in total. The second-order valence-corrected chi connectivity index (χ2v) is 11.0. The van der Waals surface area contributed by atoms with Gasteiger partial charge >= 0.3 is 0 Å². The Bertz CT molecular complexity index is 516. The van der Waals surface area contributed by atoms with E-state index in [4.69, 9.17) is 39.4 Å². The summed E-state index contributed by atoms with van der Waals surface area (Å²) in [5, 5.41) is 54.0. The van der Waals surface area contributed by atoms with Gasteiger partial charge in [0.2, 0.25) is 0 Å². The number of ether oxygens (including phenoxy) is 8. The van der Waals surface area contributed by atoms with E-state index in [1.165, 1.54) is 0 Å². The van der Waals surface area contributed by atoms with Crippen molar-refractivity contribution < 1.29 is 68.5 Å². The molecule has 0 heterocycles. The molecule has 0 rings (SSSR count). The van der Waals surface area contributed by atoms with Crippen LogP contribution in [-0.2, 0) is 37.9 Å². The summed E-state index contributed by atoms with van der Waals surface area (Å²) in [5.41, 5.74) is 0. The van der Waals surface area contributed by atoms with Gasteiger partial charge in [-0.3, -0.25) is 0 Å². The van der Waals surface area contributed by atoms with Crippen molar-refractivity contribution in [3.63, 3.8) is 0 Å². The van der Waals surface area contributed by atoms with Crippen LogP contribution in [0.2, 0.25) is 0 Å². The Balaban J connectivity index is -0.000000203. The topological polar surface area (TPSA) is 195 Å². The van der Waals surface area contributed by atoms with Crippen LogP contribution in [0.25, 0.3) is 0 Å². The molecule has 0 aromatic rings. The summed E-state index contributed by atoms with van der Waals surface area (Å²) >= 11 is 0. The van der Waals surface area contributed by atoms with E-state index < -0.39 is 24.4 Å². The monoisotopic (exact) mass is 1240 g/mol. The predicted octanol–water partition coefficient (Wildman–Crippen LogP) is 2.37. The van der Waals surface area contributed by atoms with Crippen molar-refractivity contribution in [1.82, 2.24) is 0 Å². The molecule has 0 aliphatic rings. The van der Waals surface area contributed by atoms with Crippen LogP contribution in [-0.4, -0.2) is 148 Å². The summed E-state index contributed by atoms with van der Waals surface area (Å²) in [7, 11) is 12.7. The first-order valence-electron chi connectivity index (χ1n) is 17.1. The Morgan fingerprint density at radius 3 is 0.940 bits per heavy atom. The molecule has 0 saturated heterocycles. The van der Waals surface area contributed by atoms with Gasteiger partial charge in [0.05, 0.1) is 37.6 Å². The molecule has 14 nitrogen and oxygen atoms in total. The first kappa shape index (κ1) is 56.8. The van der Waals surface area contributed by atoms with Gasteiger partial charge in [-0.1, -0.05) is 25.7 Å². The van der Waals surface area contributed by atoms with Crippen LogP contribution in [0.1, 0.15) is 77.0 Å². The first-order valence-corrected chi connectivity index (χ1v) is 17.1. The molecule has 0 aromatic carbocycles. The molecule has 0 bridgehead atoms. The maximum atomic E-state index is 9.33. The Morgan fingerprint density at radius 1 is 0.340 bits per heavy atom. The Morgan fingerprint density at radius 2 is 0.620 bits per heavy atom. The van der Waals surface area contributed by atoms with E-state index in [-0.39, 0.29) is 39.6 Å². The van der Waals surface area contributed by atoms with Gasteiger partial charge in [0.15, 0.2) is 0 Å². The van der Waals surface area contributed by atoms with Gasteiger partial charge in [-0.25, -0.2) is 28.4 Å². The predicted molar refractivity (Wildman–Crippen MR) is 182 cm³/mol.